The largest absolute Gasteiger partial charge is 0.415 e. The summed E-state index contributed by atoms with van der Waals surface area (Å²) in [6.07, 6.45) is 10.1. The summed E-state index contributed by atoms with van der Waals surface area (Å²) in [6.45, 7) is 5.44. The second-order valence-electron chi connectivity index (χ2n) is 8.45. The zero-order valence-electron chi connectivity index (χ0n) is 18.9. The van der Waals surface area contributed by atoms with Gasteiger partial charge in [-0.05, 0) is 89.3 Å². The number of nitrogens with zero attached hydrogens (tertiary/aromatic N) is 2. The molecule has 6 heteroatoms. The van der Waals surface area contributed by atoms with E-state index >= 15 is 0 Å². The van der Waals surface area contributed by atoms with E-state index in [1.165, 1.54) is 32.2 Å². The monoisotopic (exact) mass is 438 g/mol. The summed E-state index contributed by atoms with van der Waals surface area (Å²) >= 11 is 5.87. The molecular formula is C24H39ClN2O3. The Bertz CT molecular complexity index is 603. The molecule has 0 heterocycles. The van der Waals surface area contributed by atoms with Gasteiger partial charge in [0.2, 0.25) is 0 Å². The van der Waals surface area contributed by atoms with Gasteiger partial charge in [0.05, 0.1) is 6.10 Å². The van der Waals surface area contributed by atoms with Crippen LogP contribution in [0.4, 0.5) is 4.79 Å². The minimum absolute atomic E-state index is 0.210. The van der Waals surface area contributed by atoms with Crippen molar-refractivity contribution in [2.45, 2.75) is 76.9 Å². The fourth-order valence-electron chi connectivity index (χ4n) is 3.90. The molecule has 170 valence electrons. The summed E-state index contributed by atoms with van der Waals surface area (Å²) in [6, 6.07) is 7.07. The maximum Gasteiger partial charge on any atom is 0.415 e. The molecule has 0 unspecified atom stereocenters. The minimum Gasteiger partial charge on any atom is -0.410 e. The molecule has 1 aliphatic rings. The smallest absolute Gasteiger partial charge is 0.410 e. The molecule has 0 radical (unpaired) electrons. The Morgan fingerprint density at radius 3 is 2.27 bits per heavy atom. The maximum atomic E-state index is 12.4. The summed E-state index contributed by atoms with van der Waals surface area (Å²) in [5, 5.41) is 0.625. The summed E-state index contributed by atoms with van der Waals surface area (Å²) in [4.78, 5) is 16.5. The highest BCUT2D eigenvalue weighted by Crippen LogP contribution is 2.25. The van der Waals surface area contributed by atoms with Gasteiger partial charge in [0, 0.05) is 24.7 Å². The number of ether oxygens (including phenoxy) is 2. The second-order valence-corrected chi connectivity index (χ2v) is 8.89. The van der Waals surface area contributed by atoms with E-state index in [4.69, 9.17) is 21.1 Å². The van der Waals surface area contributed by atoms with E-state index in [-0.39, 0.29) is 12.1 Å². The molecule has 1 aliphatic carbocycles. The molecule has 1 fully saturated rings. The molecular weight excluding hydrogens is 400 g/mol. The summed E-state index contributed by atoms with van der Waals surface area (Å²) in [5.41, 5.74) is 0. The first-order valence-electron chi connectivity index (χ1n) is 11.5. The molecule has 0 atom stereocenters. The number of unbranched alkanes of at least 4 members (excludes halogenated alkanes) is 3. The van der Waals surface area contributed by atoms with Crippen LogP contribution in [0.3, 0.4) is 0 Å². The van der Waals surface area contributed by atoms with E-state index in [9.17, 15) is 4.79 Å². The van der Waals surface area contributed by atoms with Crippen molar-refractivity contribution >= 4 is 17.7 Å². The molecule has 1 aromatic rings. The summed E-state index contributed by atoms with van der Waals surface area (Å²) in [5.74, 6) is 0.518. The third kappa shape index (κ3) is 9.23. The Balaban J connectivity index is 1.57. The third-order valence-corrected chi connectivity index (χ3v) is 6.18. The minimum atomic E-state index is -0.315. The lowest BCUT2D eigenvalue weighted by Gasteiger charge is -2.34. The van der Waals surface area contributed by atoms with Crippen molar-refractivity contribution in [1.82, 2.24) is 9.80 Å². The molecule has 5 nitrogen and oxygen atoms in total. The van der Waals surface area contributed by atoms with Gasteiger partial charge in [0.1, 0.15) is 5.75 Å². The van der Waals surface area contributed by atoms with E-state index in [2.05, 4.69) is 18.9 Å². The van der Waals surface area contributed by atoms with E-state index < -0.39 is 0 Å². The fourth-order valence-corrected chi connectivity index (χ4v) is 4.03. The molecule has 1 saturated carbocycles. The Labute approximate surface area is 187 Å². The van der Waals surface area contributed by atoms with Crippen LogP contribution in [-0.2, 0) is 4.74 Å². The highest BCUT2D eigenvalue weighted by atomic mass is 35.5. The summed E-state index contributed by atoms with van der Waals surface area (Å²) < 4.78 is 11.5. The van der Waals surface area contributed by atoms with Crippen molar-refractivity contribution in [3.8, 4) is 5.75 Å². The average molecular weight is 439 g/mol. The number of hydrogen-bond donors (Lipinski definition) is 0. The zero-order valence-corrected chi connectivity index (χ0v) is 19.7. The molecule has 0 aromatic heterocycles. The van der Waals surface area contributed by atoms with Gasteiger partial charge in [-0.2, -0.15) is 0 Å². The van der Waals surface area contributed by atoms with E-state index in [0.717, 1.165) is 45.3 Å². The standard InChI is InChI=1S/C24H39ClN2O3/c1-4-5-6-17-26(2)18-7-8-19-29-22-15-11-21(12-16-22)27(3)24(28)30-23-13-9-20(25)10-14-23/h9-10,13-14,21-22H,4-8,11-12,15-19H2,1-3H3. The molecule has 0 N–H and O–H groups in total. The van der Waals surface area contributed by atoms with Gasteiger partial charge in [-0.3, -0.25) is 0 Å². The van der Waals surface area contributed by atoms with Crippen LogP contribution in [0.5, 0.6) is 5.75 Å². The summed E-state index contributed by atoms with van der Waals surface area (Å²) in [7, 11) is 4.04. The first kappa shape index (κ1) is 25.0. The van der Waals surface area contributed by atoms with E-state index in [1.807, 2.05) is 7.05 Å². The molecule has 0 saturated heterocycles. The van der Waals surface area contributed by atoms with Crippen molar-refractivity contribution in [3.05, 3.63) is 29.3 Å². The Morgan fingerprint density at radius 1 is 1.00 bits per heavy atom. The van der Waals surface area contributed by atoms with Crippen LogP contribution < -0.4 is 4.74 Å². The number of hydrogen-bond acceptors (Lipinski definition) is 4. The van der Waals surface area contributed by atoms with Crippen molar-refractivity contribution in [2.24, 2.45) is 0 Å². The average Bonchev–Trinajstić information content (AvgIpc) is 2.75. The normalized spacial score (nSPS) is 19.1. The lowest BCUT2D eigenvalue weighted by Crippen LogP contribution is -2.42. The molecule has 0 aliphatic heterocycles. The third-order valence-electron chi connectivity index (χ3n) is 5.93. The van der Waals surface area contributed by atoms with Crippen molar-refractivity contribution in [2.75, 3.05) is 33.8 Å². The van der Waals surface area contributed by atoms with Crippen LogP contribution in [0.2, 0.25) is 5.02 Å². The van der Waals surface area contributed by atoms with E-state index in [1.54, 1.807) is 29.2 Å². The molecule has 1 amide bonds. The first-order valence-corrected chi connectivity index (χ1v) is 11.9. The molecule has 2 rings (SSSR count). The quantitative estimate of drug-likeness (QED) is 0.375. The topological polar surface area (TPSA) is 42.0 Å². The van der Waals surface area contributed by atoms with Gasteiger partial charge in [0.25, 0.3) is 0 Å². The van der Waals surface area contributed by atoms with Crippen LogP contribution in [-0.4, -0.2) is 61.8 Å². The second kappa shape index (κ2) is 13.9. The van der Waals surface area contributed by atoms with Gasteiger partial charge in [-0.1, -0.05) is 31.4 Å². The van der Waals surface area contributed by atoms with Crippen molar-refractivity contribution < 1.29 is 14.3 Å². The number of rotatable bonds is 12. The van der Waals surface area contributed by atoms with Gasteiger partial charge in [-0.15, -0.1) is 0 Å². The number of halogens is 1. The Hall–Kier alpha value is -1.30. The highest BCUT2D eigenvalue weighted by Gasteiger charge is 2.27. The zero-order chi connectivity index (χ0) is 21.8. The molecule has 1 aromatic carbocycles. The van der Waals surface area contributed by atoms with Crippen LogP contribution in [0, 0.1) is 0 Å². The lowest BCUT2D eigenvalue weighted by atomic mass is 9.92. The van der Waals surface area contributed by atoms with E-state index in [0.29, 0.717) is 16.9 Å². The van der Waals surface area contributed by atoms with Crippen molar-refractivity contribution in [3.63, 3.8) is 0 Å². The number of carbonyl (C=O) groups excluding carboxylic acids is 1. The Kier molecular flexibility index (Phi) is 11.6. The first-order chi connectivity index (χ1) is 14.5. The fraction of sp³-hybridized carbons (Fsp3) is 0.708. The van der Waals surface area contributed by atoms with Crippen LogP contribution in [0.25, 0.3) is 0 Å². The highest BCUT2D eigenvalue weighted by molar-refractivity contribution is 6.30. The number of amides is 1. The predicted octanol–water partition coefficient (Wildman–Crippen LogP) is 6.00. The Morgan fingerprint density at radius 2 is 1.63 bits per heavy atom. The lowest BCUT2D eigenvalue weighted by molar-refractivity contribution is 0.0101. The maximum absolute atomic E-state index is 12.4. The van der Waals surface area contributed by atoms with Gasteiger partial charge in [0.15, 0.2) is 0 Å². The molecule has 0 bridgehead atoms. The predicted molar refractivity (Wildman–Crippen MR) is 123 cm³/mol. The molecule has 0 spiro atoms. The van der Waals surface area contributed by atoms with Gasteiger partial charge >= 0.3 is 6.09 Å². The SMILES string of the molecule is CCCCCN(C)CCCCOC1CCC(N(C)C(=O)Oc2ccc(Cl)cc2)CC1. The molecule has 30 heavy (non-hydrogen) atoms. The van der Waals surface area contributed by atoms with Crippen LogP contribution in [0.15, 0.2) is 24.3 Å². The van der Waals surface area contributed by atoms with Gasteiger partial charge < -0.3 is 19.3 Å². The van der Waals surface area contributed by atoms with Gasteiger partial charge in [-0.25, -0.2) is 4.79 Å². The number of benzene rings is 1. The van der Waals surface area contributed by atoms with Crippen LogP contribution in [0.1, 0.15) is 64.7 Å². The number of carbonyl (C=O) groups is 1. The van der Waals surface area contributed by atoms with Crippen LogP contribution >= 0.6 is 11.6 Å². The van der Waals surface area contributed by atoms with Crippen molar-refractivity contribution in [1.29, 1.82) is 0 Å².